The molecule has 90 valence electrons. The Hall–Kier alpha value is -0.120. The van der Waals surface area contributed by atoms with Gasteiger partial charge in [-0.15, -0.1) is 0 Å². The first-order chi connectivity index (χ1) is 7.03. The Morgan fingerprint density at radius 3 is 2.40 bits per heavy atom. The minimum absolute atomic E-state index is 0.0533. The summed E-state index contributed by atoms with van der Waals surface area (Å²) in [5, 5.41) is 3.31. The zero-order chi connectivity index (χ0) is 11.3. The molecule has 1 unspecified atom stereocenters. The maximum atomic E-state index is 5.60. The molecule has 1 aliphatic rings. The highest BCUT2D eigenvalue weighted by Gasteiger charge is 2.29. The minimum Gasteiger partial charge on any atom is -0.377 e. The predicted octanol–water partition coefficient (Wildman–Crippen LogP) is 1.82. The summed E-state index contributed by atoms with van der Waals surface area (Å²) in [6.07, 6.45) is 2.71. The molecule has 1 rings (SSSR count). The van der Waals surface area contributed by atoms with Crippen molar-refractivity contribution in [1.29, 1.82) is 0 Å². The molecule has 3 nitrogen and oxygen atoms in total. The summed E-state index contributed by atoms with van der Waals surface area (Å²) in [6.45, 7) is 8.39. The van der Waals surface area contributed by atoms with Crippen LogP contribution in [0.25, 0.3) is 0 Å². The van der Waals surface area contributed by atoms with Crippen LogP contribution in [0.3, 0.4) is 0 Å². The molecule has 0 aromatic carbocycles. The molecule has 0 heterocycles. The molecule has 0 amide bonds. The van der Waals surface area contributed by atoms with E-state index in [0.717, 1.165) is 12.5 Å². The van der Waals surface area contributed by atoms with Crippen LogP contribution in [-0.4, -0.2) is 38.5 Å². The molecule has 3 heteroatoms. The van der Waals surface area contributed by atoms with Crippen molar-refractivity contribution in [3.63, 3.8) is 0 Å². The number of nitrogens with one attached hydrogen (secondary N) is 1. The molecule has 0 spiro atoms. The van der Waals surface area contributed by atoms with Crippen LogP contribution in [0, 0.1) is 5.92 Å². The smallest absolute Gasteiger partial charge is 0.0707 e. The normalized spacial score (nSPS) is 19.2. The van der Waals surface area contributed by atoms with Gasteiger partial charge in [-0.3, -0.25) is 0 Å². The van der Waals surface area contributed by atoms with Crippen molar-refractivity contribution in [1.82, 2.24) is 5.32 Å². The van der Waals surface area contributed by atoms with Gasteiger partial charge in [-0.2, -0.15) is 0 Å². The summed E-state index contributed by atoms with van der Waals surface area (Å²) < 4.78 is 11.2. The zero-order valence-electron chi connectivity index (χ0n) is 10.5. The van der Waals surface area contributed by atoms with Crippen LogP contribution in [0.1, 0.15) is 33.6 Å². The van der Waals surface area contributed by atoms with Crippen molar-refractivity contribution < 1.29 is 9.47 Å². The Bertz CT molecular complexity index is 173. The molecule has 1 fully saturated rings. The predicted molar refractivity (Wildman–Crippen MR) is 62.1 cm³/mol. The van der Waals surface area contributed by atoms with Crippen LogP contribution in [0.15, 0.2) is 0 Å². The second-order valence-corrected chi connectivity index (χ2v) is 5.27. The second kappa shape index (κ2) is 5.83. The van der Waals surface area contributed by atoms with Crippen molar-refractivity contribution in [3.8, 4) is 0 Å². The lowest BCUT2D eigenvalue weighted by molar-refractivity contribution is -0.0377. The highest BCUT2D eigenvalue weighted by atomic mass is 16.5. The van der Waals surface area contributed by atoms with E-state index in [4.69, 9.17) is 9.47 Å². The topological polar surface area (TPSA) is 30.5 Å². The van der Waals surface area contributed by atoms with Gasteiger partial charge in [0.25, 0.3) is 0 Å². The Labute approximate surface area is 93.5 Å². The summed E-state index contributed by atoms with van der Waals surface area (Å²) in [4.78, 5) is 0. The van der Waals surface area contributed by atoms with Gasteiger partial charge in [0, 0.05) is 6.04 Å². The lowest BCUT2D eigenvalue weighted by atomic mass is 10.2. The van der Waals surface area contributed by atoms with Gasteiger partial charge in [-0.05, 0) is 46.6 Å². The third-order valence-electron chi connectivity index (χ3n) is 2.62. The van der Waals surface area contributed by atoms with E-state index >= 15 is 0 Å². The molecule has 0 radical (unpaired) electrons. The van der Waals surface area contributed by atoms with E-state index in [2.05, 4.69) is 26.1 Å². The van der Waals surface area contributed by atoms with E-state index in [9.17, 15) is 0 Å². The average molecular weight is 215 g/mol. The average Bonchev–Trinajstić information content (AvgIpc) is 2.92. The van der Waals surface area contributed by atoms with Crippen molar-refractivity contribution in [2.75, 3.05) is 26.9 Å². The molecule has 0 aliphatic heterocycles. The van der Waals surface area contributed by atoms with Crippen LogP contribution in [0.4, 0.5) is 0 Å². The summed E-state index contributed by atoms with van der Waals surface area (Å²) in [7, 11) is 2.01. The maximum absolute atomic E-state index is 5.60. The Balaban J connectivity index is 1.96. The van der Waals surface area contributed by atoms with Gasteiger partial charge in [0.2, 0.25) is 0 Å². The van der Waals surface area contributed by atoms with Crippen molar-refractivity contribution in [2.45, 2.75) is 45.3 Å². The first-order valence-electron chi connectivity index (χ1n) is 5.92. The van der Waals surface area contributed by atoms with E-state index in [-0.39, 0.29) is 5.60 Å². The highest BCUT2D eigenvalue weighted by Crippen LogP contribution is 2.32. The number of likely N-dealkylation sites (N-methyl/N-ethyl adjacent to an activating group) is 1. The van der Waals surface area contributed by atoms with Crippen LogP contribution in [0.5, 0.6) is 0 Å². The van der Waals surface area contributed by atoms with Gasteiger partial charge in [0.1, 0.15) is 0 Å². The molecule has 1 atom stereocenters. The fourth-order valence-electron chi connectivity index (χ4n) is 1.57. The summed E-state index contributed by atoms with van der Waals surface area (Å²) in [6, 6.07) is 0.541. The molecule has 0 bridgehead atoms. The zero-order valence-corrected chi connectivity index (χ0v) is 10.5. The molecule has 1 N–H and O–H groups in total. The Morgan fingerprint density at radius 2 is 1.93 bits per heavy atom. The minimum atomic E-state index is -0.0533. The highest BCUT2D eigenvalue weighted by molar-refractivity contribution is 4.85. The van der Waals surface area contributed by atoms with Crippen LogP contribution in [0.2, 0.25) is 0 Å². The summed E-state index contributed by atoms with van der Waals surface area (Å²) >= 11 is 0. The van der Waals surface area contributed by atoms with Crippen LogP contribution >= 0.6 is 0 Å². The fraction of sp³-hybridized carbons (Fsp3) is 1.00. The van der Waals surface area contributed by atoms with Gasteiger partial charge in [-0.25, -0.2) is 0 Å². The van der Waals surface area contributed by atoms with Crippen molar-refractivity contribution >= 4 is 0 Å². The third kappa shape index (κ3) is 6.13. The molecule has 0 aromatic heterocycles. The van der Waals surface area contributed by atoms with Gasteiger partial charge in [-0.1, -0.05) is 0 Å². The van der Waals surface area contributed by atoms with Crippen molar-refractivity contribution in [2.24, 2.45) is 5.92 Å². The molecule has 15 heavy (non-hydrogen) atoms. The monoisotopic (exact) mass is 215 g/mol. The quantitative estimate of drug-likeness (QED) is 0.657. The standard InChI is InChI=1S/C12H25NO2/c1-12(2,3)15-8-7-14-9-11(13-4)10-5-6-10/h10-11,13H,5-9H2,1-4H3. The van der Waals surface area contributed by atoms with Gasteiger partial charge >= 0.3 is 0 Å². The maximum Gasteiger partial charge on any atom is 0.0707 e. The van der Waals surface area contributed by atoms with E-state index in [1.807, 2.05) is 7.05 Å². The van der Waals surface area contributed by atoms with E-state index in [1.165, 1.54) is 12.8 Å². The summed E-state index contributed by atoms with van der Waals surface area (Å²) in [5.74, 6) is 0.846. The molecule has 1 saturated carbocycles. The van der Waals surface area contributed by atoms with Crippen LogP contribution in [-0.2, 0) is 9.47 Å². The van der Waals surface area contributed by atoms with Crippen molar-refractivity contribution in [3.05, 3.63) is 0 Å². The number of rotatable bonds is 7. The first kappa shape index (κ1) is 12.9. The lowest BCUT2D eigenvalue weighted by Crippen LogP contribution is -2.33. The van der Waals surface area contributed by atoms with E-state index in [1.54, 1.807) is 0 Å². The Morgan fingerprint density at radius 1 is 1.27 bits per heavy atom. The largest absolute Gasteiger partial charge is 0.377 e. The fourth-order valence-corrected chi connectivity index (χ4v) is 1.57. The first-order valence-corrected chi connectivity index (χ1v) is 5.92. The molecular weight excluding hydrogens is 190 g/mol. The number of hydrogen-bond acceptors (Lipinski definition) is 3. The van der Waals surface area contributed by atoms with Crippen LogP contribution < -0.4 is 5.32 Å². The third-order valence-corrected chi connectivity index (χ3v) is 2.62. The Kier molecular flexibility index (Phi) is 5.03. The molecule has 0 saturated heterocycles. The van der Waals surface area contributed by atoms with E-state index in [0.29, 0.717) is 19.3 Å². The lowest BCUT2D eigenvalue weighted by Gasteiger charge is -2.20. The summed E-state index contributed by atoms with van der Waals surface area (Å²) in [5.41, 5.74) is -0.0533. The molecule has 1 aliphatic carbocycles. The number of ether oxygens (including phenoxy) is 2. The van der Waals surface area contributed by atoms with Gasteiger partial charge < -0.3 is 14.8 Å². The SMILES string of the molecule is CNC(COCCOC(C)(C)C)C1CC1. The van der Waals surface area contributed by atoms with Gasteiger partial charge in [0.15, 0.2) is 0 Å². The second-order valence-electron chi connectivity index (χ2n) is 5.27. The number of hydrogen-bond donors (Lipinski definition) is 1. The van der Waals surface area contributed by atoms with E-state index < -0.39 is 0 Å². The van der Waals surface area contributed by atoms with Gasteiger partial charge in [0.05, 0.1) is 25.4 Å². The molecular formula is C12H25NO2. The molecule has 0 aromatic rings.